The van der Waals surface area contributed by atoms with Crippen molar-refractivity contribution in [3.8, 4) is 0 Å². The van der Waals surface area contributed by atoms with E-state index in [-0.39, 0.29) is 0 Å². The molecule has 3 nitrogen and oxygen atoms in total. The van der Waals surface area contributed by atoms with E-state index in [2.05, 4.69) is 12.0 Å². The number of hydrogen-bond donors (Lipinski definition) is 0. The van der Waals surface area contributed by atoms with Crippen LogP contribution in [0.15, 0.2) is 5.10 Å². The second kappa shape index (κ2) is 5.98. The van der Waals surface area contributed by atoms with E-state index >= 15 is 0 Å². The third-order valence-corrected chi connectivity index (χ3v) is 4.97. The number of hydrogen-bond acceptors (Lipinski definition) is 3. The minimum absolute atomic E-state index is 0.628. The molecule has 1 heterocycles. The van der Waals surface area contributed by atoms with Crippen molar-refractivity contribution in [2.75, 3.05) is 6.54 Å². The van der Waals surface area contributed by atoms with Crippen LogP contribution in [0, 0.1) is 0 Å². The first kappa shape index (κ1) is 16.1. The van der Waals surface area contributed by atoms with E-state index < -0.39 is 14.3 Å². The van der Waals surface area contributed by atoms with Gasteiger partial charge in [-0.1, -0.05) is 71.3 Å². The predicted octanol–water partition coefficient (Wildman–Crippen LogP) is 4.37. The van der Waals surface area contributed by atoms with E-state index in [0.717, 1.165) is 12.8 Å². The molecule has 0 radical (unpaired) electrons. The summed E-state index contributed by atoms with van der Waals surface area (Å²) in [4.78, 5) is 0. The van der Waals surface area contributed by atoms with Crippen LogP contribution in [0.4, 0.5) is 0 Å². The van der Waals surface area contributed by atoms with Gasteiger partial charge in [-0.2, -0.15) is 5.10 Å². The average Bonchev–Trinajstić information content (AvgIpc) is 2.55. The Hall–Kier alpha value is 1.01. The molecule has 0 aliphatic carbocycles. The van der Waals surface area contributed by atoms with Crippen LogP contribution in [0.1, 0.15) is 19.8 Å². The molecule has 0 bridgehead atoms. The van der Waals surface area contributed by atoms with Gasteiger partial charge in [-0.15, -0.1) is 0 Å². The van der Waals surface area contributed by atoms with Gasteiger partial charge in [0.1, 0.15) is 6.34 Å². The molecule has 0 aromatic carbocycles. The monoisotopic (exact) mass is 359 g/mol. The van der Waals surface area contributed by atoms with Gasteiger partial charge in [-0.25, -0.2) is 4.42 Å². The summed E-state index contributed by atoms with van der Waals surface area (Å²) in [5.41, 5.74) is 0. The normalized spacial score (nSPS) is 21.5. The molecule has 1 aliphatic rings. The molecule has 0 fully saturated rings. The molecule has 100 valence electrons. The van der Waals surface area contributed by atoms with Gasteiger partial charge in [0.25, 0.3) is 0 Å². The summed E-state index contributed by atoms with van der Waals surface area (Å²) < 4.78 is -2.38. The van der Waals surface area contributed by atoms with Crippen LogP contribution in [-0.2, 0) is 0 Å². The number of hydrazone groups is 1. The largest absolute Gasteiger partial charge is 0.268 e. The lowest BCUT2D eigenvalue weighted by atomic mass is 10.3. The standard InChI is InChI=1S/C8H11Cl6N3/c1-2-3-4-17-6(16(14)5-15-17)7(9,10)8(11,12)13/h5-6H,2-4H2,1H3. The van der Waals surface area contributed by atoms with Crippen LogP contribution >= 0.6 is 69.8 Å². The van der Waals surface area contributed by atoms with Gasteiger partial charge in [0.05, 0.1) is 0 Å². The highest BCUT2D eigenvalue weighted by Crippen LogP contribution is 2.51. The van der Waals surface area contributed by atoms with Crippen molar-refractivity contribution < 1.29 is 0 Å². The van der Waals surface area contributed by atoms with E-state index in [1.807, 2.05) is 0 Å². The summed E-state index contributed by atoms with van der Waals surface area (Å²) in [6.45, 7) is 2.68. The number of rotatable bonds is 4. The fourth-order valence-electron chi connectivity index (χ4n) is 1.36. The zero-order valence-corrected chi connectivity index (χ0v) is 13.4. The minimum Gasteiger partial charge on any atom is -0.268 e. The molecule has 1 rings (SSSR count). The van der Waals surface area contributed by atoms with Crippen molar-refractivity contribution >= 4 is 76.1 Å². The van der Waals surface area contributed by atoms with Crippen LogP contribution < -0.4 is 0 Å². The van der Waals surface area contributed by atoms with Gasteiger partial charge in [0.2, 0.25) is 8.13 Å². The fourth-order valence-corrected chi connectivity index (χ4v) is 2.47. The summed E-state index contributed by atoms with van der Waals surface area (Å²) in [6.07, 6.45) is 2.55. The maximum absolute atomic E-state index is 6.11. The Kier molecular flexibility index (Phi) is 5.65. The molecule has 9 heteroatoms. The van der Waals surface area contributed by atoms with Crippen molar-refractivity contribution in [1.29, 1.82) is 0 Å². The minimum atomic E-state index is -1.88. The molecule has 0 saturated carbocycles. The molecular formula is C8H11Cl6N3. The Morgan fingerprint density at radius 2 is 1.82 bits per heavy atom. The number of alkyl halides is 5. The summed E-state index contributed by atoms with van der Waals surface area (Å²) in [6, 6.07) is 0. The average molecular weight is 362 g/mol. The quantitative estimate of drug-likeness (QED) is 0.547. The van der Waals surface area contributed by atoms with Crippen molar-refractivity contribution in [3.63, 3.8) is 0 Å². The molecule has 17 heavy (non-hydrogen) atoms. The lowest BCUT2D eigenvalue weighted by molar-refractivity contribution is 0.156. The Balaban J connectivity index is 2.86. The zero-order chi connectivity index (χ0) is 13.3. The molecule has 0 saturated heterocycles. The van der Waals surface area contributed by atoms with Crippen molar-refractivity contribution in [3.05, 3.63) is 0 Å². The molecular weight excluding hydrogens is 351 g/mol. The second-order valence-corrected chi connectivity index (χ2v) is 7.64. The molecule has 0 N–H and O–H groups in total. The van der Waals surface area contributed by atoms with E-state index in [4.69, 9.17) is 69.8 Å². The Labute approximate surface area is 131 Å². The topological polar surface area (TPSA) is 18.8 Å². The van der Waals surface area contributed by atoms with Gasteiger partial charge >= 0.3 is 0 Å². The summed E-state index contributed by atoms with van der Waals surface area (Å²) in [7, 11) is 0. The smallest absolute Gasteiger partial charge is 0.227 e. The van der Waals surface area contributed by atoms with E-state index in [1.165, 1.54) is 10.8 Å². The van der Waals surface area contributed by atoms with Crippen LogP contribution in [0.3, 0.4) is 0 Å². The summed E-state index contributed by atoms with van der Waals surface area (Å²) in [5, 5.41) is 5.68. The maximum atomic E-state index is 6.11. The fraction of sp³-hybridized carbons (Fsp3) is 0.875. The van der Waals surface area contributed by atoms with Gasteiger partial charge in [0, 0.05) is 18.3 Å². The molecule has 0 aromatic rings. The lowest BCUT2D eigenvalue weighted by Crippen LogP contribution is -2.54. The first-order valence-corrected chi connectivity index (χ1v) is 7.14. The maximum Gasteiger partial charge on any atom is 0.227 e. The second-order valence-electron chi connectivity index (χ2n) is 3.59. The van der Waals surface area contributed by atoms with Crippen molar-refractivity contribution in [2.24, 2.45) is 5.10 Å². The summed E-state index contributed by atoms with van der Waals surface area (Å²) >= 11 is 35.5. The predicted molar refractivity (Wildman–Crippen MR) is 76.3 cm³/mol. The van der Waals surface area contributed by atoms with Crippen LogP contribution in [-0.4, -0.2) is 36.6 Å². The van der Waals surface area contributed by atoms with E-state index in [9.17, 15) is 0 Å². The van der Waals surface area contributed by atoms with Gasteiger partial charge in [-0.3, -0.25) is 5.01 Å². The van der Waals surface area contributed by atoms with Crippen LogP contribution in [0.2, 0.25) is 0 Å². The number of nitrogens with zero attached hydrogens (tertiary/aromatic N) is 3. The highest BCUT2D eigenvalue weighted by atomic mass is 35.6. The molecule has 0 aromatic heterocycles. The highest BCUT2D eigenvalue weighted by Gasteiger charge is 2.57. The first-order chi connectivity index (χ1) is 7.71. The van der Waals surface area contributed by atoms with Gasteiger partial charge in [0.15, 0.2) is 6.17 Å². The van der Waals surface area contributed by atoms with Gasteiger partial charge in [-0.05, 0) is 6.42 Å². The first-order valence-electron chi connectivity index (χ1n) is 4.91. The molecule has 1 unspecified atom stereocenters. The Morgan fingerprint density at radius 1 is 1.24 bits per heavy atom. The third kappa shape index (κ3) is 3.52. The van der Waals surface area contributed by atoms with Crippen molar-refractivity contribution in [2.45, 2.75) is 34.1 Å². The molecule has 0 amide bonds. The lowest BCUT2D eigenvalue weighted by Gasteiger charge is -2.39. The molecule has 1 atom stereocenters. The Morgan fingerprint density at radius 3 is 2.29 bits per heavy atom. The third-order valence-electron chi connectivity index (χ3n) is 2.27. The number of halogens is 6. The van der Waals surface area contributed by atoms with Gasteiger partial charge < -0.3 is 0 Å². The highest BCUT2D eigenvalue weighted by molar-refractivity contribution is 6.75. The zero-order valence-electron chi connectivity index (χ0n) is 8.89. The Bertz CT molecular complexity index is 289. The van der Waals surface area contributed by atoms with Crippen LogP contribution in [0.25, 0.3) is 0 Å². The van der Waals surface area contributed by atoms with Crippen molar-refractivity contribution in [1.82, 2.24) is 9.43 Å². The van der Waals surface area contributed by atoms with E-state index in [1.54, 1.807) is 5.01 Å². The van der Waals surface area contributed by atoms with Crippen LogP contribution in [0.5, 0.6) is 0 Å². The summed E-state index contributed by atoms with van der Waals surface area (Å²) in [5.74, 6) is 0. The number of unbranched alkanes of at least 4 members (excludes halogenated alkanes) is 1. The van der Waals surface area contributed by atoms with E-state index in [0.29, 0.717) is 6.54 Å². The molecule has 0 spiro atoms. The molecule has 1 aliphatic heterocycles. The SMILES string of the molecule is CCCCN1N=CN(Cl)C1C(Cl)(Cl)C(Cl)(Cl)Cl.